The first-order chi connectivity index (χ1) is 13.5. The number of morpholine rings is 1. The van der Waals surface area contributed by atoms with Gasteiger partial charge in [0.05, 0.1) is 24.7 Å². The molecule has 1 saturated heterocycles. The zero-order chi connectivity index (χ0) is 19.7. The highest BCUT2D eigenvalue weighted by molar-refractivity contribution is 6.30. The van der Waals surface area contributed by atoms with Crippen molar-refractivity contribution in [2.75, 3.05) is 41.8 Å². The predicted molar refractivity (Wildman–Crippen MR) is 104 cm³/mol. The van der Waals surface area contributed by atoms with Crippen LogP contribution in [0.2, 0.25) is 5.02 Å². The van der Waals surface area contributed by atoms with Gasteiger partial charge < -0.3 is 20.3 Å². The normalized spacial score (nSPS) is 18.5. The van der Waals surface area contributed by atoms with E-state index in [2.05, 4.69) is 20.6 Å². The minimum atomic E-state index is -0.891. The highest BCUT2D eigenvalue weighted by Crippen LogP contribution is 2.31. The Bertz CT molecular complexity index is 969. The van der Waals surface area contributed by atoms with Gasteiger partial charge in [0.2, 0.25) is 17.8 Å². The van der Waals surface area contributed by atoms with Crippen LogP contribution < -0.4 is 21.1 Å². The Morgan fingerprint density at radius 3 is 2.68 bits per heavy atom. The quantitative estimate of drug-likeness (QED) is 0.709. The summed E-state index contributed by atoms with van der Waals surface area (Å²) in [4.78, 5) is 46.3. The van der Waals surface area contributed by atoms with Crippen LogP contribution >= 0.6 is 11.6 Å². The highest BCUT2D eigenvalue weighted by Gasteiger charge is 2.37. The smallest absolute Gasteiger partial charge is 0.258 e. The molecule has 1 fully saturated rings. The molecule has 4 rings (SSSR count). The lowest BCUT2D eigenvalue weighted by molar-refractivity contribution is -0.122. The molecule has 0 spiro atoms. The van der Waals surface area contributed by atoms with Crippen molar-refractivity contribution in [2.24, 2.45) is 0 Å². The van der Waals surface area contributed by atoms with Crippen LogP contribution in [-0.4, -0.2) is 48.1 Å². The van der Waals surface area contributed by atoms with E-state index in [4.69, 9.17) is 16.3 Å². The molecule has 3 heterocycles. The SMILES string of the molecule is O=C(C[C@@H]1C(=O)Nc2nc(N3CCOCC3)[nH]c(=O)c21)Nc1ccc(Cl)cc1. The van der Waals surface area contributed by atoms with E-state index in [0.29, 0.717) is 43.0 Å². The molecule has 1 aromatic carbocycles. The summed E-state index contributed by atoms with van der Waals surface area (Å²) in [5.74, 6) is -1.10. The number of nitrogens with one attached hydrogen (secondary N) is 3. The van der Waals surface area contributed by atoms with E-state index in [9.17, 15) is 14.4 Å². The first-order valence-corrected chi connectivity index (χ1v) is 9.22. The van der Waals surface area contributed by atoms with Crippen molar-refractivity contribution in [3.05, 3.63) is 45.2 Å². The Labute approximate surface area is 165 Å². The summed E-state index contributed by atoms with van der Waals surface area (Å²) in [5.41, 5.74) is 0.324. The third-order valence-corrected chi connectivity index (χ3v) is 4.93. The Hall–Kier alpha value is -2.91. The van der Waals surface area contributed by atoms with E-state index in [1.165, 1.54) is 0 Å². The van der Waals surface area contributed by atoms with Gasteiger partial charge in [0.15, 0.2) is 0 Å². The van der Waals surface area contributed by atoms with Crippen LogP contribution in [0.15, 0.2) is 29.1 Å². The van der Waals surface area contributed by atoms with Crippen LogP contribution in [0.4, 0.5) is 17.5 Å². The molecule has 0 aliphatic carbocycles. The second-order valence-corrected chi connectivity index (χ2v) is 6.99. The van der Waals surface area contributed by atoms with Gasteiger partial charge in [0.25, 0.3) is 5.56 Å². The number of rotatable bonds is 4. The van der Waals surface area contributed by atoms with Crippen molar-refractivity contribution in [3.63, 3.8) is 0 Å². The predicted octanol–water partition coefficient (Wildman–Crippen LogP) is 1.32. The monoisotopic (exact) mass is 403 g/mol. The van der Waals surface area contributed by atoms with E-state index < -0.39 is 17.4 Å². The van der Waals surface area contributed by atoms with Gasteiger partial charge in [-0.05, 0) is 24.3 Å². The van der Waals surface area contributed by atoms with E-state index in [0.717, 1.165) is 0 Å². The lowest BCUT2D eigenvalue weighted by Gasteiger charge is -2.27. The fourth-order valence-corrected chi connectivity index (χ4v) is 3.40. The fraction of sp³-hybridized carbons (Fsp3) is 0.333. The summed E-state index contributed by atoms with van der Waals surface area (Å²) >= 11 is 5.83. The first kappa shape index (κ1) is 18.5. The molecule has 2 amide bonds. The number of halogens is 1. The van der Waals surface area contributed by atoms with Crippen LogP contribution in [0.25, 0.3) is 0 Å². The molecule has 2 aromatic rings. The van der Waals surface area contributed by atoms with Crippen LogP contribution in [0.1, 0.15) is 17.9 Å². The number of fused-ring (bicyclic) bond motifs is 1. The van der Waals surface area contributed by atoms with Crippen molar-refractivity contribution in [1.29, 1.82) is 0 Å². The van der Waals surface area contributed by atoms with Gasteiger partial charge in [-0.25, -0.2) is 0 Å². The van der Waals surface area contributed by atoms with Crippen LogP contribution in [-0.2, 0) is 14.3 Å². The van der Waals surface area contributed by atoms with Crippen molar-refractivity contribution in [2.45, 2.75) is 12.3 Å². The largest absolute Gasteiger partial charge is 0.378 e. The molecule has 28 heavy (non-hydrogen) atoms. The lowest BCUT2D eigenvalue weighted by Crippen LogP contribution is -2.38. The summed E-state index contributed by atoms with van der Waals surface area (Å²) in [6.07, 6.45) is -0.164. The molecule has 3 N–H and O–H groups in total. The number of H-pyrrole nitrogens is 1. The van der Waals surface area contributed by atoms with Gasteiger partial charge >= 0.3 is 0 Å². The summed E-state index contributed by atoms with van der Waals surface area (Å²) < 4.78 is 5.29. The maximum atomic E-state index is 12.6. The molecule has 0 radical (unpaired) electrons. The summed E-state index contributed by atoms with van der Waals surface area (Å²) in [6.45, 7) is 2.28. The number of benzene rings is 1. The van der Waals surface area contributed by atoms with Crippen molar-refractivity contribution in [1.82, 2.24) is 9.97 Å². The number of carbonyl (C=O) groups excluding carboxylic acids is 2. The van der Waals surface area contributed by atoms with E-state index in [1.54, 1.807) is 24.3 Å². The van der Waals surface area contributed by atoms with Crippen LogP contribution in [0, 0.1) is 0 Å². The maximum Gasteiger partial charge on any atom is 0.258 e. The standard InChI is InChI=1S/C18H18ClN5O4/c19-10-1-3-11(4-2-10)20-13(25)9-12-14-15(21-16(12)26)22-18(23-17(14)27)24-5-7-28-8-6-24/h1-4,12H,5-9H2,(H,20,25)(H2,21,22,23,26,27)/t12-/m0/s1. The van der Waals surface area contributed by atoms with Gasteiger partial charge in [-0.1, -0.05) is 11.6 Å². The molecular formula is C18H18ClN5O4. The molecule has 0 unspecified atom stereocenters. The summed E-state index contributed by atoms with van der Waals surface area (Å²) in [5, 5.41) is 5.87. The minimum Gasteiger partial charge on any atom is -0.378 e. The number of hydrogen-bond acceptors (Lipinski definition) is 6. The number of carbonyl (C=O) groups is 2. The molecular weight excluding hydrogens is 386 g/mol. The van der Waals surface area contributed by atoms with Crippen LogP contribution in [0.5, 0.6) is 0 Å². The molecule has 0 bridgehead atoms. The molecule has 1 atom stereocenters. The lowest BCUT2D eigenvalue weighted by atomic mass is 9.99. The van der Waals surface area contributed by atoms with E-state index in [-0.39, 0.29) is 23.7 Å². The van der Waals surface area contributed by atoms with Crippen molar-refractivity contribution >= 4 is 40.9 Å². The number of amides is 2. The second-order valence-electron chi connectivity index (χ2n) is 6.55. The van der Waals surface area contributed by atoms with Gasteiger partial charge in [0.1, 0.15) is 5.82 Å². The average Bonchev–Trinajstić information content (AvgIpc) is 3.00. The highest BCUT2D eigenvalue weighted by atomic mass is 35.5. The molecule has 1 aromatic heterocycles. The molecule has 146 valence electrons. The third kappa shape index (κ3) is 3.71. The van der Waals surface area contributed by atoms with Gasteiger partial charge in [-0.2, -0.15) is 4.98 Å². The van der Waals surface area contributed by atoms with E-state index in [1.807, 2.05) is 4.90 Å². The topological polar surface area (TPSA) is 116 Å². The third-order valence-electron chi connectivity index (χ3n) is 4.68. The molecule has 2 aliphatic heterocycles. The first-order valence-electron chi connectivity index (χ1n) is 8.84. The molecule has 2 aliphatic rings. The summed E-state index contributed by atoms with van der Waals surface area (Å²) in [7, 11) is 0. The number of ether oxygens (including phenoxy) is 1. The molecule has 10 heteroatoms. The van der Waals surface area contributed by atoms with Gasteiger partial charge in [-0.15, -0.1) is 0 Å². The Kier molecular flexibility index (Phi) is 5.01. The second kappa shape index (κ2) is 7.61. The zero-order valence-corrected chi connectivity index (χ0v) is 15.6. The van der Waals surface area contributed by atoms with E-state index >= 15 is 0 Å². The number of aromatic amines is 1. The number of aromatic nitrogens is 2. The number of anilines is 3. The van der Waals surface area contributed by atoms with Crippen molar-refractivity contribution in [3.8, 4) is 0 Å². The number of hydrogen-bond donors (Lipinski definition) is 3. The Morgan fingerprint density at radius 1 is 1.25 bits per heavy atom. The van der Waals surface area contributed by atoms with Crippen LogP contribution in [0.3, 0.4) is 0 Å². The molecule has 0 saturated carbocycles. The summed E-state index contributed by atoms with van der Waals surface area (Å²) in [6, 6.07) is 6.62. The fourth-order valence-electron chi connectivity index (χ4n) is 3.27. The minimum absolute atomic E-state index is 0.164. The maximum absolute atomic E-state index is 12.6. The zero-order valence-electron chi connectivity index (χ0n) is 14.8. The molecule has 9 nitrogen and oxygen atoms in total. The van der Waals surface area contributed by atoms with Crippen molar-refractivity contribution < 1.29 is 14.3 Å². The van der Waals surface area contributed by atoms with Gasteiger partial charge in [-0.3, -0.25) is 19.4 Å². The Morgan fingerprint density at radius 2 is 1.96 bits per heavy atom. The van der Waals surface area contributed by atoms with Gasteiger partial charge in [0, 0.05) is 30.2 Å². The average molecular weight is 404 g/mol. The number of nitrogens with zero attached hydrogens (tertiary/aromatic N) is 2. The Balaban J connectivity index is 1.52.